The highest BCUT2D eigenvalue weighted by Gasteiger charge is 2.33. The van der Waals surface area contributed by atoms with Crippen molar-refractivity contribution < 1.29 is 22.8 Å². The van der Waals surface area contributed by atoms with Gasteiger partial charge in [-0.1, -0.05) is 18.2 Å². The van der Waals surface area contributed by atoms with Crippen LogP contribution in [0.4, 0.5) is 13.2 Å². The molecule has 0 aliphatic carbocycles. The van der Waals surface area contributed by atoms with Crippen LogP contribution in [0.2, 0.25) is 0 Å². The number of rotatable bonds is 3. The van der Waals surface area contributed by atoms with Crippen molar-refractivity contribution >= 4 is 35.2 Å². The van der Waals surface area contributed by atoms with E-state index in [1.807, 2.05) is 0 Å². The van der Waals surface area contributed by atoms with E-state index in [0.29, 0.717) is 5.56 Å². The first kappa shape index (κ1) is 16.9. The van der Waals surface area contributed by atoms with Crippen molar-refractivity contribution in [1.29, 1.82) is 0 Å². The monoisotopic (exact) mass is 340 g/mol. The van der Waals surface area contributed by atoms with Gasteiger partial charge in [0.25, 0.3) is 11.8 Å². The van der Waals surface area contributed by atoms with E-state index in [1.54, 1.807) is 0 Å². The van der Waals surface area contributed by atoms with E-state index in [9.17, 15) is 22.8 Å². The van der Waals surface area contributed by atoms with E-state index >= 15 is 0 Å². The van der Waals surface area contributed by atoms with Crippen LogP contribution in [-0.4, -0.2) is 28.4 Å². The summed E-state index contributed by atoms with van der Waals surface area (Å²) >= 11 is 4.90. The summed E-state index contributed by atoms with van der Waals surface area (Å²) in [5.41, 5.74) is -0.725. The Balaban J connectivity index is 2.33. The highest BCUT2D eigenvalue weighted by atomic mass is 32.1. The van der Waals surface area contributed by atoms with Gasteiger partial charge < -0.3 is 0 Å². The molecule has 1 saturated heterocycles. The fourth-order valence-corrected chi connectivity index (χ4v) is 2.17. The minimum atomic E-state index is -4.45. The number of nitrogens with zero attached hydrogens (tertiary/aromatic N) is 1. The summed E-state index contributed by atoms with van der Waals surface area (Å²) in [4.78, 5) is 25.3. The molecule has 1 heterocycles. The lowest BCUT2D eigenvalue weighted by Crippen LogP contribution is -2.53. The first-order chi connectivity index (χ1) is 10.7. The smallest absolute Gasteiger partial charge is 0.298 e. The second kappa shape index (κ2) is 6.33. The third-order valence-electron chi connectivity index (χ3n) is 3.05. The van der Waals surface area contributed by atoms with Crippen molar-refractivity contribution in [3.05, 3.63) is 53.6 Å². The molecule has 0 atom stereocenters. The molecule has 1 fully saturated rings. The number of thiocarbonyl (C=S) groups is 1. The van der Waals surface area contributed by atoms with Crippen LogP contribution in [0.25, 0.3) is 6.08 Å². The number of amides is 2. The van der Waals surface area contributed by atoms with Gasteiger partial charge in [-0.3, -0.25) is 19.8 Å². The van der Waals surface area contributed by atoms with Gasteiger partial charge in [0.15, 0.2) is 5.11 Å². The molecule has 1 aromatic carbocycles. The SMILES string of the molecule is C=CCN1C(=O)C(=Cc2ccc(C(F)(F)F)cc2)C(=O)NC1=S. The maximum Gasteiger partial charge on any atom is 0.416 e. The highest BCUT2D eigenvalue weighted by molar-refractivity contribution is 7.80. The molecule has 1 aliphatic heterocycles. The van der Waals surface area contributed by atoms with Gasteiger partial charge in [0.1, 0.15) is 5.57 Å². The first-order valence-corrected chi connectivity index (χ1v) is 6.82. The van der Waals surface area contributed by atoms with Gasteiger partial charge in [-0.2, -0.15) is 13.2 Å². The Hall–Kier alpha value is -2.48. The van der Waals surface area contributed by atoms with Crippen molar-refractivity contribution in [2.75, 3.05) is 6.54 Å². The normalized spacial score (nSPS) is 17.4. The zero-order valence-electron chi connectivity index (χ0n) is 11.7. The molecule has 0 bridgehead atoms. The summed E-state index contributed by atoms with van der Waals surface area (Å²) in [6.45, 7) is 3.61. The van der Waals surface area contributed by atoms with E-state index in [-0.39, 0.29) is 17.2 Å². The fourth-order valence-electron chi connectivity index (χ4n) is 1.92. The predicted octanol–water partition coefficient (Wildman–Crippen LogP) is 2.52. The predicted molar refractivity (Wildman–Crippen MR) is 82.1 cm³/mol. The van der Waals surface area contributed by atoms with Crippen LogP contribution in [0.5, 0.6) is 0 Å². The van der Waals surface area contributed by atoms with Crippen molar-refractivity contribution in [3.8, 4) is 0 Å². The summed E-state index contributed by atoms with van der Waals surface area (Å²) in [5, 5.41) is 2.31. The number of halogens is 3. The van der Waals surface area contributed by atoms with Crippen LogP contribution in [0.1, 0.15) is 11.1 Å². The van der Waals surface area contributed by atoms with E-state index < -0.39 is 23.6 Å². The van der Waals surface area contributed by atoms with Gasteiger partial charge >= 0.3 is 6.18 Å². The Bertz CT molecular complexity index is 708. The molecule has 1 aromatic rings. The summed E-state index contributed by atoms with van der Waals surface area (Å²) < 4.78 is 37.6. The zero-order chi connectivity index (χ0) is 17.2. The second-order valence-electron chi connectivity index (χ2n) is 4.64. The molecule has 0 saturated carbocycles. The van der Waals surface area contributed by atoms with Crippen LogP contribution in [0, 0.1) is 0 Å². The number of benzene rings is 1. The van der Waals surface area contributed by atoms with Crippen LogP contribution in [0.15, 0.2) is 42.5 Å². The summed E-state index contributed by atoms with van der Waals surface area (Å²) in [6, 6.07) is 4.12. The van der Waals surface area contributed by atoms with E-state index in [0.717, 1.165) is 17.0 Å². The third-order valence-corrected chi connectivity index (χ3v) is 3.37. The topological polar surface area (TPSA) is 49.4 Å². The number of hydrogen-bond acceptors (Lipinski definition) is 3. The lowest BCUT2D eigenvalue weighted by molar-refractivity contribution is -0.137. The van der Waals surface area contributed by atoms with Crippen LogP contribution >= 0.6 is 12.2 Å². The Morgan fingerprint density at radius 2 is 1.83 bits per heavy atom. The Kier molecular flexibility index (Phi) is 4.65. The van der Waals surface area contributed by atoms with Gasteiger partial charge in [0.05, 0.1) is 5.56 Å². The van der Waals surface area contributed by atoms with E-state index in [4.69, 9.17) is 12.2 Å². The van der Waals surface area contributed by atoms with E-state index in [1.165, 1.54) is 24.3 Å². The number of nitrogens with one attached hydrogen (secondary N) is 1. The van der Waals surface area contributed by atoms with Gasteiger partial charge in [-0.15, -0.1) is 6.58 Å². The Morgan fingerprint density at radius 1 is 1.22 bits per heavy atom. The van der Waals surface area contributed by atoms with Gasteiger partial charge in [-0.05, 0) is 36.0 Å². The quantitative estimate of drug-likeness (QED) is 0.398. The van der Waals surface area contributed by atoms with Crippen molar-refractivity contribution in [1.82, 2.24) is 10.2 Å². The lowest BCUT2D eigenvalue weighted by atomic mass is 10.1. The number of carbonyl (C=O) groups excluding carboxylic acids is 2. The minimum Gasteiger partial charge on any atom is -0.298 e. The first-order valence-electron chi connectivity index (χ1n) is 6.41. The van der Waals surface area contributed by atoms with Gasteiger partial charge in [0.2, 0.25) is 0 Å². The van der Waals surface area contributed by atoms with Crippen molar-refractivity contribution in [3.63, 3.8) is 0 Å². The summed E-state index contributed by atoms with van der Waals surface area (Å²) in [7, 11) is 0. The van der Waals surface area contributed by atoms with Crippen LogP contribution in [0.3, 0.4) is 0 Å². The molecule has 0 unspecified atom stereocenters. The molecule has 2 rings (SSSR count). The molecule has 0 aromatic heterocycles. The summed E-state index contributed by atoms with van der Waals surface area (Å²) in [5.74, 6) is -1.32. The molecule has 1 N–H and O–H groups in total. The molecule has 4 nitrogen and oxygen atoms in total. The van der Waals surface area contributed by atoms with E-state index in [2.05, 4.69) is 11.9 Å². The highest BCUT2D eigenvalue weighted by Crippen LogP contribution is 2.29. The van der Waals surface area contributed by atoms with Gasteiger partial charge in [-0.25, -0.2) is 0 Å². The average molecular weight is 340 g/mol. The van der Waals surface area contributed by atoms with Gasteiger partial charge in [0, 0.05) is 6.54 Å². The Labute approximate surface area is 135 Å². The summed E-state index contributed by atoms with van der Waals surface area (Å²) in [6.07, 6.45) is -1.79. The molecule has 1 aliphatic rings. The lowest BCUT2D eigenvalue weighted by Gasteiger charge is -2.27. The maximum atomic E-state index is 12.5. The molecule has 120 valence electrons. The van der Waals surface area contributed by atoms with Crippen molar-refractivity contribution in [2.45, 2.75) is 6.18 Å². The zero-order valence-corrected chi connectivity index (χ0v) is 12.5. The maximum absolute atomic E-state index is 12.5. The molecule has 23 heavy (non-hydrogen) atoms. The largest absolute Gasteiger partial charge is 0.416 e. The molecule has 0 spiro atoms. The van der Waals surface area contributed by atoms with Crippen LogP contribution in [-0.2, 0) is 15.8 Å². The average Bonchev–Trinajstić information content (AvgIpc) is 2.47. The minimum absolute atomic E-state index is 0.0375. The molecular weight excluding hydrogens is 329 g/mol. The van der Waals surface area contributed by atoms with Crippen LogP contribution < -0.4 is 5.32 Å². The Morgan fingerprint density at radius 3 is 2.35 bits per heavy atom. The molecule has 2 amide bonds. The molecular formula is C15H11F3N2O2S. The third kappa shape index (κ3) is 3.65. The number of hydrogen-bond donors (Lipinski definition) is 1. The van der Waals surface area contributed by atoms with Crippen molar-refractivity contribution in [2.24, 2.45) is 0 Å². The number of alkyl halides is 3. The number of carbonyl (C=O) groups is 2. The fraction of sp³-hybridized carbons (Fsp3) is 0.133. The molecule has 0 radical (unpaired) electrons. The standard InChI is InChI=1S/C15H11F3N2O2S/c1-2-7-20-13(22)11(12(21)19-14(20)23)8-9-3-5-10(6-4-9)15(16,17)18/h2-6,8H,1,7H2,(H,19,21,23). The molecule has 8 heteroatoms. The second-order valence-corrected chi connectivity index (χ2v) is 5.03.